The largest absolute Gasteiger partial charge is 0.361 e. The van der Waals surface area contributed by atoms with E-state index in [0.29, 0.717) is 72.5 Å². The van der Waals surface area contributed by atoms with E-state index in [9.17, 15) is 19.2 Å². The molecule has 16 nitrogen and oxygen atoms in total. The van der Waals surface area contributed by atoms with Crippen LogP contribution in [0.5, 0.6) is 0 Å². The van der Waals surface area contributed by atoms with E-state index < -0.39 is 35.8 Å². The molecule has 18 heteroatoms. The maximum Gasteiger partial charge on any atom is 0.245 e. The van der Waals surface area contributed by atoms with Gasteiger partial charge in [-0.3, -0.25) is 19.2 Å². The molecule has 4 aromatic carbocycles. The summed E-state index contributed by atoms with van der Waals surface area (Å²) in [6, 6.07) is 21.0. The maximum atomic E-state index is 15.1. The summed E-state index contributed by atoms with van der Waals surface area (Å²) in [5.41, 5.74) is 5.64. The van der Waals surface area contributed by atoms with Crippen molar-refractivity contribution < 1.29 is 28.0 Å². The van der Waals surface area contributed by atoms with Crippen molar-refractivity contribution >= 4 is 67.5 Å². The topological polar surface area (TPSA) is 190 Å². The molecule has 2 aliphatic rings. The summed E-state index contributed by atoms with van der Waals surface area (Å²) < 4.78 is 34.1. The Morgan fingerprint density at radius 2 is 1.04 bits per heavy atom. The second kappa shape index (κ2) is 20.4. The molecule has 0 saturated carbocycles. The molecule has 0 aliphatic carbocycles. The number of likely N-dealkylation sites (tertiary alicyclic amines) is 2. The van der Waals surface area contributed by atoms with E-state index in [0.717, 1.165) is 32.9 Å². The third-order valence-corrected chi connectivity index (χ3v) is 14.8. The zero-order valence-corrected chi connectivity index (χ0v) is 40.8. The smallest absolute Gasteiger partial charge is 0.245 e. The summed E-state index contributed by atoms with van der Waals surface area (Å²) in [5.74, 6) is -1.21. The van der Waals surface area contributed by atoms with Crippen molar-refractivity contribution in [3.63, 3.8) is 0 Å². The second-order valence-corrected chi connectivity index (χ2v) is 19.3. The number of hydrogen-bond donors (Lipinski definition) is 6. The molecule has 2 saturated heterocycles. The standard InChI is InChI=1S/C54H60F2N12O4/c1-31(57-3)51(69)63-45(23-33-27-59-41-15-7-5-13-39(33)41)53(71)65-21-9-11-37(65)29-67-47-19-17-35(55)25-43(47)61-49(67)50-62-44-26-36(56)18-20-48(44)68(50)30-38-12-10-22-66(38)54(72)46(64-52(70)32(2)58-4)24-34-28-60-42-16-8-6-14-40(34)42/h5-8,13-20,25-28,31-32,37-38,45-46,57-60H,9-12,21-24,29-30H2,1-4H3,(H,63,69)(H,64,70)/t31-,32-,37+,38+,45-,46-/m1/s1. The fourth-order valence-corrected chi connectivity index (χ4v) is 10.7. The molecular weight excluding hydrogens is 919 g/mol. The van der Waals surface area contributed by atoms with Gasteiger partial charge in [-0.15, -0.1) is 0 Å². The normalized spacial score (nSPS) is 17.8. The number of H-pyrrole nitrogens is 2. The summed E-state index contributed by atoms with van der Waals surface area (Å²) >= 11 is 0. The van der Waals surface area contributed by atoms with Crippen molar-refractivity contribution in [2.45, 2.75) is 102 Å². The number of imidazole rings is 2. The van der Waals surface area contributed by atoms with Gasteiger partial charge < -0.3 is 50.2 Å². The van der Waals surface area contributed by atoms with Gasteiger partial charge in [-0.1, -0.05) is 36.4 Å². The fraction of sp³-hybridized carbons (Fsp3) is 0.370. The second-order valence-electron chi connectivity index (χ2n) is 19.3. The SMILES string of the molecule is CN[C@H](C)C(=O)N[C@H](Cc1c[nH]c2ccccc12)C(=O)N1CCC[C@H]1Cn1c(-c2nc3cc(F)ccc3n2C[C@@H]2CCCN2C(=O)[C@@H](Cc2c[nH]c3ccccc23)NC(=O)[C@@H](C)NC)nc2cc(F)ccc21. The van der Waals surface area contributed by atoms with Gasteiger partial charge in [0.15, 0.2) is 11.6 Å². The van der Waals surface area contributed by atoms with Crippen LogP contribution >= 0.6 is 0 Å². The summed E-state index contributed by atoms with van der Waals surface area (Å²) in [6.45, 7) is 4.93. The van der Waals surface area contributed by atoms with Crippen LogP contribution in [0.25, 0.3) is 55.5 Å². The fourth-order valence-electron chi connectivity index (χ4n) is 10.7. The van der Waals surface area contributed by atoms with Crippen molar-refractivity contribution in [3.8, 4) is 11.6 Å². The summed E-state index contributed by atoms with van der Waals surface area (Å²) in [4.78, 5) is 77.1. The van der Waals surface area contributed by atoms with E-state index in [4.69, 9.17) is 9.97 Å². The van der Waals surface area contributed by atoms with Gasteiger partial charge in [-0.25, -0.2) is 18.7 Å². The van der Waals surface area contributed by atoms with Gasteiger partial charge in [0.05, 0.1) is 34.2 Å². The molecule has 2 fully saturated rings. The van der Waals surface area contributed by atoms with Gasteiger partial charge in [0, 0.05) is 97.4 Å². The molecule has 374 valence electrons. The van der Waals surface area contributed by atoms with E-state index in [1.165, 1.54) is 24.3 Å². The Balaban J connectivity index is 0.990. The number of carbonyl (C=O) groups excluding carboxylic acids is 4. The molecule has 0 bridgehead atoms. The van der Waals surface area contributed by atoms with E-state index in [1.54, 1.807) is 40.1 Å². The highest BCUT2D eigenvalue weighted by Gasteiger charge is 2.38. The van der Waals surface area contributed by atoms with E-state index in [1.807, 2.05) is 79.9 Å². The molecule has 4 aromatic heterocycles. The Bertz CT molecular complexity index is 3100. The maximum absolute atomic E-state index is 15.1. The molecule has 0 radical (unpaired) electrons. The van der Waals surface area contributed by atoms with Gasteiger partial charge in [0.1, 0.15) is 23.7 Å². The van der Waals surface area contributed by atoms with E-state index in [-0.39, 0.29) is 61.6 Å². The van der Waals surface area contributed by atoms with Crippen LogP contribution in [-0.4, -0.2) is 126 Å². The number of carbonyl (C=O) groups is 4. The number of halogens is 2. The first-order valence-electron chi connectivity index (χ1n) is 24.9. The number of fused-ring (bicyclic) bond motifs is 4. The van der Waals surface area contributed by atoms with E-state index in [2.05, 4.69) is 31.2 Å². The summed E-state index contributed by atoms with van der Waals surface area (Å²) in [7, 11) is 3.39. The van der Waals surface area contributed by atoms with Gasteiger partial charge in [-0.05, 0) is 101 Å². The van der Waals surface area contributed by atoms with E-state index >= 15 is 8.78 Å². The number of hydrogen-bond acceptors (Lipinski definition) is 8. The number of benzene rings is 4. The minimum Gasteiger partial charge on any atom is -0.361 e. The van der Waals surface area contributed by atoms with Gasteiger partial charge in [-0.2, -0.15) is 0 Å². The first-order valence-corrected chi connectivity index (χ1v) is 24.9. The number of aromatic nitrogens is 6. The molecule has 8 aromatic rings. The average Bonchev–Trinajstić information content (AvgIpc) is 4.27. The monoisotopic (exact) mass is 978 g/mol. The zero-order chi connectivity index (χ0) is 50.2. The van der Waals surface area contributed by atoms with Crippen LogP contribution in [0.1, 0.15) is 50.7 Å². The van der Waals surface area contributed by atoms with Gasteiger partial charge in [0.2, 0.25) is 23.6 Å². The predicted octanol–water partition coefficient (Wildman–Crippen LogP) is 5.95. The van der Waals surface area contributed by atoms with Crippen LogP contribution in [0.3, 0.4) is 0 Å². The first kappa shape index (κ1) is 48.2. The Hall–Kier alpha value is -7.44. The highest BCUT2D eigenvalue weighted by molar-refractivity contribution is 5.93. The minimum absolute atomic E-state index is 0.218. The van der Waals surface area contributed by atoms with Gasteiger partial charge >= 0.3 is 0 Å². The molecule has 4 amide bonds. The lowest BCUT2D eigenvalue weighted by atomic mass is 10.0. The van der Waals surface area contributed by atoms with Crippen LogP contribution in [-0.2, 0) is 45.1 Å². The molecule has 0 unspecified atom stereocenters. The minimum atomic E-state index is -0.876. The molecule has 6 atom stereocenters. The highest BCUT2D eigenvalue weighted by atomic mass is 19.1. The number of rotatable bonds is 17. The van der Waals surface area contributed by atoms with Gasteiger partial charge in [0.25, 0.3) is 0 Å². The molecule has 2 aliphatic heterocycles. The number of para-hydroxylation sites is 2. The van der Waals surface area contributed by atoms with Crippen LogP contribution in [0.2, 0.25) is 0 Å². The lowest BCUT2D eigenvalue weighted by Crippen LogP contribution is -2.54. The lowest BCUT2D eigenvalue weighted by Gasteiger charge is -2.31. The van der Waals surface area contributed by atoms with Crippen LogP contribution in [0, 0.1) is 11.6 Å². The Kier molecular flexibility index (Phi) is 13.6. The molecule has 6 heterocycles. The van der Waals surface area contributed by atoms with Crippen LogP contribution < -0.4 is 21.3 Å². The Morgan fingerprint density at radius 1 is 0.625 bits per heavy atom. The Morgan fingerprint density at radius 3 is 1.46 bits per heavy atom. The van der Waals surface area contributed by atoms with Crippen molar-refractivity contribution in [3.05, 3.63) is 120 Å². The van der Waals surface area contributed by atoms with Crippen LogP contribution in [0.4, 0.5) is 8.78 Å². The number of likely N-dealkylation sites (N-methyl/N-ethyl adjacent to an activating group) is 2. The predicted molar refractivity (Wildman–Crippen MR) is 273 cm³/mol. The number of nitrogens with zero attached hydrogens (tertiary/aromatic N) is 6. The molecule has 72 heavy (non-hydrogen) atoms. The lowest BCUT2D eigenvalue weighted by molar-refractivity contribution is -0.137. The molecule has 0 spiro atoms. The molecular formula is C54H60F2N12O4. The van der Waals surface area contributed by atoms with Crippen molar-refractivity contribution in [2.75, 3.05) is 27.2 Å². The summed E-state index contributed by atoms with van der Waals surface area (Å²) in [6.07, 6.45) is 7.02. The highest BCUT2D eigenvalue weighted by Crippen LogP contribution is 2.34. The third-order valence-electron chi connectivity index (χ3n) is 14.8. The zero-order valence-electron chi connectivity index (χ0n) is 40.8. The van der Waals surface area contributed by atoms with Crippen molar-refractivity contribution in [2.24, 2.45) is 0 Å². The quantitative estimate of drug-likeness (QED) is 0.0646. The molecule has 6 N–H and O–H groups in total. The molecule has 10 rings (SSSR count). The van der Waals surface area contributed by atoms with Crippen molar-refractivity contribution in [1.29, 1.82) is 0 Å². The van der Waals surface area contributed by atoms with Crippen LogP contribution in [0.15, 0.2) is 97.3 Å². The Labute approximate surface area is 414 Å². The third kappa shape index (κ3) is 9.43. The van der Waals surface area contributed by atoms with Crippen molar-refractivity contribution in [1.82, 2.24) is 60.1 Å². The number of amides is 4. The summed E-state index contributed by atoms with van der Waals surface area (Å²) in [5, 5.41) is 14.0. The number of aromatic amines is 2. The first-order chi connectivity index (χ1) is 34.9. The number of nitrogens with one attached hydrogen (secondary N) is 6. The average molecular weight is 979 g/mol.